The number of hydrogen-bond acceptors (Lipinski definition) is 3. The molecule has 0 unspecified atom stereocenters. The van der Waals surface area contributed by atoms with Crippen LogP contribution < -0.4 is 5.73 Å². The van der Waals surface area contributed by atoms with Gasteiger partial charge < -0.3 is 5.73 Å². The molecule has 1 heterocycles. The van der Waals surface area contributed by atoms with Crippen LogP contribution in [0.25, 0.3) is 15.0 Å². The second-order valence-corrected chi connectivity index (χ2v) is 8.51. The maximum Gasteiger partial charge on any atom is 0.0416 e. The summed E-state index contributed by atoms with van der Waals surface area (Å²) in [4.78, 5) is 2.35. The molecule has 1 aromatic heterocycles. The molecule has 0 atom stereocenters. The highest BCUT2D eigenvalue weighted by Gasteiger charge is 2.06. The van der Waals surface area contributed by atoms with E-state index in [-0.39, 0.29) is 0 Å². The second kappa shape index (κ2) is 7.51. The molecule has 0 saturated carbocycles. The Hall–Kier alpha value is -1.97. The van der Waals surface area contributed by atoms with Crippen molar-refractivity contribution in [2.45, 2.75) is 27.2 Å². The van der Waals surface area contributed by atoms with E-state index in [4.69, 9.17) is 5.73 Å². The molecule has 3 aromatic rings. The Bertz CT molecular complexity index is 930. The molecule has 3 heteroatoms. The molecule has 2 aromatic carbocycles. The number of anilines is 1. The van der Waals surface area contributed by atoms with E-state index in [9.17, 15) is 0 Å². The highest BCUT2D eigenvalue weighted by Crippen LogP contribution is 2.36. The van der Waals surface area contributed by atoms with Crippen LogP contribution >= 0.6 is 23.1 Å². The lowest BCUT2D eigenvalue weighted by atomic mass is 9.99. The molecule has 0 bridgehead atoms. The summed E-state index contributed by atoms with van der Waals surface area (Å²) in [5.41, 5.74) is 11.9. The summed E-state index contributed by atoms with van der Waals surface area (Å²) in [6, 6.07) is 15.0. The van der Waals surface area contributed by atoms with E-state index >= 15 is 0 Å². The van der Waals surface area contributed by atoms with Crippen LogP contribution in [0.5, 0.6) is 0 Å². The molecule has 0 aliphatic rings. The fourth-order valence-corrected chi connectivity index (χ4v) is 4.58. The van der Waals surface area contributed by atoms with Crippen molar-refractivity contribution < 1.29 is 0 Å². The van der Waals surface area contributed by atoms with Gasteiger partial charge in [0.05, 0.1) is 0 Å². The van der Waals surface area contributed by atoms with Crippen LogP contribution in [0.3, 0.4) is 0 Å². The van der Waals surface area contributed by atoms with Gasteiger partial charge in [-0.1, -0.05) is 48.2 Å². The fraction of sp³-hybridized carbons (Fsp3) is 0.182. The summed E-state index contributed by atoms with van der Waals surface area (Å²) < 4.78 is 1.31. The fourth-order valence-electron chi connectivity index (χ4n) is 2.78. The Labute approximate surface area is 158 Å². The van der Waals surface area contributed by atoms with Crippen molar-refractivity contribution in [1.29, 1.82) is 0 Å². The number of thioether (sulfide) groups is 1. The van der Waals surface area contributed by atoms with Gasteiger partial charge in [-0.25, -0.2) is 0 Å². The van der Waals surface area contributed by atoms with Crippen LogP contribution in [0, 0.1) is 13.8 Å². The highest BCUT2D eigenvalue weighted by molar-refractivity contribution is 8.11. The quantitative estimate of drug-likeness (QED) is 0.495. The maximum absolute atomic E-state index is 5.99. The van der Waals surface area contributed by atoms with Crippen LogP contribution in [0.4, 0.5) is 5.69 Å². The molecule has 0 amide bonds. The molecule has 0 spiro atoms. The molecule has 0 radical (unpaired) electrons. The van der Waals surface area contributed by atoms with E-state index in [1.165, 1.54) is 31.7 Å². The van der Waals surface area contributed by atoms with Crippen LogP contribution in [-0.4, -0.2) is 0 Å². The van der Waals surface area contributed by atoms with Crippen LogP contribution in [0.15, 0.2) is 60.0 Å². The van der Waals surface area contributed by atoms with E-state index in [1.807, 2.05) is 0 Å². The van der Waals surface area contributed by atoms with Crippen LogP contribution in [-0.2, 0) is 6.42 Å². The first-order valence-electron chi connectivity index (χ1n) is 8.30. The Morgan fingerprint density at radius 3 is 2.68 bits per heavy atom. The standard InChI is InChI=1S/C22H23NS2/c1-14(9-19-10-16(3)20(23)11-15(19)2)13-24-17(4)22-12-18-7-5-6-8-21(18)25-22/h5-8,10-13H,4,9,23H2,1-3H3/b14-13+. The average Bonchev–Trinajstić information content (AvgIpc) is 3.02. The lowest BCUT2D eigenvalue weighted by Gasteiger charge is -2.10. The van der Waals surface area contributed by atoms with Gasteiger partial charge in [0.25, 0.3) is 0 Å². The number of thiophene rings is 1. The third-order valence-corrected chi connectivity index (χ3v) is 6.63. The number of allylic oxidation sites excluding steroid dienone is 1. The molecule has 0 saturated heterocycles. The third kappa shape index (κ3) is 4.17. The molecule has 0 aliphatic carbocycles. The zero-order valence-corrected chi connectivity index (χ0v) is 16.6. The number of nitrogens with two attached hydrogens (primary N) is 1. The maximum atomic E-state index is 5.99. The van der Waals surface area contributed by atoms with E-state index in [0.717, 1.165) is 22.6 Å². The van der Waals surface area contributed by atoms with Crippen molar-refractivity contribution in [3.63, 3.8) is 0 Å². The minimum Gasteiger partial charge on any atom is -0.399 e. The van der Waals surface area contributed by atoms with E-state index < -0.39 is 0 Å². The van der Waals surface area contributed by atoms with Crippen molar-refractivity contribution in [3.8, 4) is 0 Å². The second-order valence-electron chi connectivity index (χ2n) is 6.47. The predicted molar refractivity (Wildman–Crippen MR) is 116 cm³/mol. The minimum atomic E-state index is 0.871. The largest absolute Gasteiger partial charge is 0.399 e. The number of fused-ring (bicyclic) bond motifs is 1. The van der Waals surface area contributed by atoms with E-state index in [2.05, 4.69) is 75.2 Å². The third-order valence-electron chi connectivity index (χ3n) is 4.30. The molecule has 0 aliphatic heterocycles. The Balaban J connectivity index is 1.70. The lowest BCUT2D eigenvalue weighted by molar-refractivity contribution is 1.11. The lowest BCUT2D eigenvalue weighted by Crippen LogP contribution is -1.96. The van der Waals surface area contributed by atoms with Gasteiger partial charge in [-0.15, -0.1) is 11.3 Å². The van der Waals surface area contributed by atoms with Crippen molar-refractivity contribution in [3.05, 3.63) is 81.6 Å². The summed E-state index contributed by atoms with van der Waals surface area (Å²) in [6.07, 6.45) is 0.944. The van der Waals surface area contributed by atoms with Crippen LogP contribution in [0.1, 0.15) is 28.5 Å². The van der Waals surface area contributed by atoms with Gasteiger partial charge in [0, 0.05) is 20.2 Å². The van der Waals surface area contributed by atoms with Crippen LogP contribution in [0.2, 0.25) is 0 Å². The number of nitrogen functional groups attached to an aromatic ring is 1. The van der Waals surface area contributed by atoms with Crippen molar-refractivity contribution in [1.82, 2.24) is 0 Å². The number of aryl methyl sites for hydroxylation is 2. The zero-order chi connectivity index (χ0) is 18.0. The summed E-state index contributed by atoms with van der Waals surface area (Å²) in [5.74, 6) is 0. The average molecular weight is 366 g/mol. The highest BCUT2D eigenvalue weighted by atomic mass is 32.2. The van der Waals surface area contributed by atoms with Gasteiger partial charge in [-0.3, -0.25) is 0 Å². The van der Waals surface area contributed by atoms with Gasteiger partial charge in [0.15, 0.2) is 0 Å². The first-order chi connectivity index (χ1) is 11.9. The molecule has 25 heavy (non-hydrogen) atoms. The van der Waals surface area contributed by atoms with Gasteiger partial charge in [0.1, 0.15) is 0 Å². The van der Waals surface area contributed by atoms with Gasteiger partial charge in [-0.2, -0.15) is 0 Å². The van der Waals surface area contributed by atoms with E-state index in [1.54, 1.807) is 23.1 Å². The zero-order valence-electron chi connectivity index (χ0n) is 14.9. The SMILES string of the molecule is C=C(S/C=C(\C)Cc1cc(C)c(N)cc1C)c1cc2ccccc2s1. The monoisotopic (exact) mass is 365 g/mol. The van der Waals surface area contributed by atoms with Gasteiger partial charge in [-0.05, 0) is 72.9 Å². The first kappa shape index (κ1) is 17.8. The number of hydrogen-bond donors (Lipinski definition) is 1. The normalized spacial score (nSPS) is 11.9. The smallest absolute Gasteiger partial charge is 0.0416 e. The molecule has 0 fully saturated rings. The van der Waals surface area contributed by atoms with Crippen molar-refractivity contribution in [2.75, 3.05) is 5.73 Å². The van der Waals surface area contributed by atoms with Gasteiger partial charge in [0.2, 0.25) is 0 Å². The summed E-state index contributed by atoms with van der Waals surface area (Å²) in [5, 5.41) is 3.51. The Morgan fingerprint density at radius 1 is 1.16 bits per heavy atom. The molecule has 128 valence electrons. The molecule has 3 rings (SSSR count). The molecule has 2 N–H and O–H groups in total. The molecular weight excluding hydrogens is 342 g/mol. The summed E-state index contributed by atoms with van der Waals surface area (Å²) in [7, 11) is 0. The number of benzene rings is 2. The number of rotatable bonds is 5. The Morgan fingerprint density at radius 2 is 1.92 bits per heavy atom. The van der Waals surface area contributed by atoms with Gasteiger partial charge >= 0.3 is 0 Å². The summed E-state index contributed by atoms with van der Waals surface area (Å²) >= 11 is 3.52. The Kier molecular flexibility index (Phi) is 5.36. The first-order valence-corrected chi connectivity index (χ1v) is 9.99. The van der Waals surface area contributed by atoms with Crippen molar-refractivity contribution in [2.24, 2.45) is 0 Å². The predicted octanol–water partition coefficient (Wildman–Crippen LogP) is 6.95. The van der Waals surface area contributed by atoms with Crippen molar-refractivity contribution >= 4 is 43.8 Å². The summed E-state index contributed by atoms with van der Waals surface area (Å²) in [6.45, 7) is 10.6. The minimum absolute atomic E-state index is 0.871. The molecule has 1 nitrogen and oxygen atoms in total. The topological polar surface area (TPSA) is 26.0 Å². The van der Waals surface area contributed by atoms with E-state index in [0.29, 0.717) is 0 Å². The molecular formula is C22H23NS2.